The minimum atomic E-state index is -0.751. The fourth-order valence-electron chi connectivity index (χ4n) is 3.12. The molecule has 0 aliphatic carbocycles. The molecule has 1 heterocycles. The fourth-order valence-corrected chi connectivity index (χ4v) is 4.18. The van der Waals surface area contributed by atoms with Crippen LogP contribution in [-0.2, 0) is 4.74 Å². The molecule has 3 rings (SSSR count). The number of non-ortho nitro benzene ring substituents is 1. The molecule has 1 aromatic heterocycles. The maximum absolute atomic E-state index is 12.8. The Hall–Kier alpha value is -4.12. The van der Waals surface area contributed by atoms with Crippen LogP contribution in [0.2, 0.25) is 0 Å². The zero-order valence-corrected chi connectivity index (χ0v) is 17.8. The van der Waals surface area contributed by atoms with Crippen molar-refractivity contribution in [2.24, 2.45) is 0 Å². The third kappa shape index (κ3) is 4.47. The largest absolute Gasteiger partial charge is 0.462 e. The standard InChI is InChI=1S/C21H17N3O7S/c1-3-31-21(26)18-17(13-8-10-14(11-9-13)23(27)28)12(2)32-20(18)22-19(25)15-6-4-5-7-16(15)24(29)30/h4-11H,3H2,1-2H3,(H,22,25). The van der Waals surface area contributed by atoms with Crippen LogP contribution >= 0.6 is 11.3 Å². The summed E-state index contributed by atoms with van der Waals surface area (Å²) in [5.41, 5.74) is 0.431. The van der Waals surface area contributed by atoms with Crippen LogP contribution in [0.15, 0.2) is 48.5 Å². The zero-order chi connectivity index (χ0) is 23.4. The number of aryl methyl sites for hydroxylation is 1. The number of rotatable bonds is 7. The molecule has 0 aliphatic rings. The maximum atomic E-state index is 12.8. The van der Waals surface area contributed by atoms with Crippen molar-refractivity contribution < 1.29 is 24.2 Å². The van der Waals surface area contributed by atoms with E-state index < -0.39 is 21.7 Å². The highest BCUT2D eigenvalue weighted by molar-refractivity contribution is 7.17. The number of hydrogen-bond acceptors (Lipinski definition) is 8. The number of hydrogen-bond donors (Lipinski definition) is 1. The minimum absolute atomic E-state index is 0.0788. The van der Waals surface area contributed by atoms with Crippen molar-refractivity contribution in [1.29, 1.82) is 0 Å². The SMILES string of the molecule is CCOC(=O)c1c(NC(=O)c2ccccc2[N+](=O)[O-])sc(C)c1-c1ccc([N+](=O)[O-])cc1. The number of nitro benzene ring substituents is 2. The van der Waals surface area contributed by atoms with Crippen molar-refractivity contribution in [3.8, 4) is 11.1 Å². The second kappa shape index (κ2) is 9.35. The van der Waals surface area contributed by atoms with Gasteiger partial charge in [0, 0.05) is 28.6 Å². The van der Waals surface area contributed by atoms with Crippen LogP contribution in [0.3, 0.4) is 0 Å². The van der Waals surface area contributed by atoms with Gasteiger partial charge in [-0.05, 0) is 37.6 Å². The number of nitrogens with one attached hydrogen (secondary N) is 1. The molecule has 1 amide bonds. The number of nitrogens with zero attached hydrogens (tertiary/aromatic N) is 2. The molecule has 0 saturated carbocycles. The molecular weight excluding hydrogens is 438 g/mol. The fraction of sp³-hybridized carbons (Fsp3) is 0.143. The van der Waals surface area contributed by atoms with E-state index in [0.717, 1.165) is 11.3 Å². The number of para-hydroxylation sites is 1. The summed E-state index contributed by atoms with van der Waals surface area (Å²) >= 11 is 1.10. The molecule has 0 fully saturated rings. The molecule has 0 aliphatic heterocycles. The van der Waals surface area contributed by atoms with Gasteiger partial charge in [0.05, 0.1) is 16.5 Å². The number of carbonyl (C=O) groups is 2. The van der Waals surface area contributed by atoms with E-state index in [4.69, 9.17) is 4.74 Å². The Morgan fingerprint density at radius 1 is 1.03 bits per heavy atom. The van der Waals surface area contributed by atoms with Gasteiger partial charge in [0.2, 0.25) is 0 Å². The molecule has 0 spiro atoms. The van der Waals surface area contributed by atoms with E-state index in [0.29, 0.717) is 16.0 Å². The first-order valence-electron chi connectivity index (χ1n) is 9.34. The van der Waals surface area contributed by atoms with Gasteiger partial charge in [-0.3, -0.25) is 25.0 Å². The number of ether oxygens (including phenoxy) is 1. The number of anilines is 1. The minimum Gasteiger partial charge on any atom is -0.462 e. The lowest BCUT2D eigenvalue weighted by molar-refractivity contribution is -0.385. The monoisotopic (exact) mass is 455 g/mol. The summed E-state index contributed by atoms with van der Waals surface area (Å²) in [6, 6.07) is 11.1. The Morgan fingerprint density at radius 2 is 1.69 bits per heavy atom. The molecule has 3 aromatic rings. The number of benzene rings is 2. The molecule has 32 heavy (non-hydrogen) atoms. The number of carbonyl (C=O) groups excluding carboxylic acids is 2. The van der Waals surface area contributed by atoms with E-state index in [1.807, 2.05) is 0 Å². The predicted octanol–water partition coefficient (Wildman–Crippen LogP) is 4.97. The third-order valence-corrected chi connectivity index (χ3v) is 5.52. The van der Waals surface area contributed by atoms with Crippen molar-refractivity contribution in [1.82, 2.24) is 0 Å². The summed E-state index contributed by atoms with van der Waals surface area (Å²) in [6.07, 6.45) is 0. The van der Waals surface area contributed by atoms with Gasteiger partial charge in [-0.2, -0.15) is 0 Å². The van der Waals surface area contributed by atoms with Gasteiger partial charge >= 0.3 is 5.97 Å². The van der Waals surface area contributed by atoms with Crippen molar-refractivity contribution in [2.75, 3.05) is 11.9 Å². The van der Waals surface area contributed by atoms with Gasteiger partial charge in [-0.1, -0.05) is 12.1 Å². The highest BCUT2D eigenvalue weighted by Gasteiger charge is 2.27. The lowest BCUT2D eigenvalue weighted by Crippen LogP contribution is -2.16. The van der Waals surface area contributed by atoms with Crippen LogP contribution in [-0.4, -0.2) is 28.3 Å². The Labute approximate surface area is 185 Å². The normalized spacial score (nSPS) is 10.4. The van der Waals surface area contributed by atoms with Crippen molar-refractivity contribution in [3.63, 3.8) is 0 Å². The molecule has 0 bridgehead atoms. The molecule has 2 aromatic carbocycles. The summed E-state index contributed by atoms with van der Waals surface area (Å²) in [4.78, 5) is 47.2. The summed E-state index contributed by atoms with van der Waals surface area (Å²) in [7, 11) is 0. The van der Waals surface area contributed by atoms with E-state index in [1.54, 1.807) is 13.8 Å². The Balaban J connectivity index is 2.08. The average Bonchev–Trinajstić information content (AvgIpc) is 3.09. The lowest BCUT2D eigenvalue weighted by Gasteiger charge is -2.09. The Kier molecular flexibility index (Phi) is 6.59. The quantitative estimate of drug-likeness (QED) is 0.301. The topological polar surface area (TPSA) is 142 Å². The summed E-state index contributed by atoms with van der Waals surface area (Å²) in [6.45, 7) is 3.45. The van der Waals surface area contributed by atoms with E-state index in [2.05, 4.69) is 5.32 Å². The van der Waals surface area contributed by atoms with Crippen LogP contribution in [0, 0.1) is 27.2 Å². The molecule has 11 heteroatoms. The van der Waals surface area contributed by atoms with E-state index in [-0.39, 0.29) is 34.1 Å². The second-order valence-corrected chi connectivity index (χ2v) is 7.71. The van der Waals surface area contributed by atoms with Crippen LogP contribution in [0.5, 0.6) is 0 Å². The van der Waals surface area contributed by atoms with Crippen LogP contribution in [0.4, 0.5) is 16.4 Å². The Bertz CT molecular complexity index is 1220. The molecule has 0 unspecified atom stereocenters. The van der Waals surface area contributed by atoms with Crippen LogP contribution in [0.1, 0.15) is 32.5 Å². The second-order valence-electron chi connectivity index (χ2n) is 6.49. The molecule has 164 valence electrons. The predicted molar refractivity (Wildman–Crippen MR) is 118 cm³/mol. The molecule has 0 atom stereocenters. The molecule has 0 saturated heterocycles. The van der Waals surface area contributed by atoms with Gasteiger partial charge < -0.3 is 10.1 Å². The third-order valence-electron chi connectivity index (χ3n) is 4.50. The average molecular weight is 455 g/mol. The first-order valence-corrected chi connectivity index (χ1v) is 10.2. The van der Waals surface area contributed by atoms with Gasteiger partial charge in [0.1, 0.15) is 16.1 Å². The van der Waals surface area contributed by atoms with Crippen LogP contribution < -0.4 is 5.32 Å². The van der Waals surface area contributed by atoms with Crippen LogP contribution in [0.25, 0.3) is 11.1 Å². The summed E-state index contributed by atoms with van der Waals surface area (Å²) < 4.78 is 5.16. The first-order chi connectivity index (χ1) is 15.2. The van der Waals surface area contributed by atoms with Gasteiger partial charge in [0.15, 0.2) is 0 Å². The van der Waals surface area contributed by atoms with Crippen molar-refractivity contribution in [2.45, 2.75) is 13.8 Å². The van der Waals surface area contributed by atoms with Gasteiger partial charge in [-0.25, -0.2) is 4.79 Å². The van der Waals surface area contributed by atoms with Gasteiger partial charge in [0.25, 0.3) is 17.3 Å². The number of thiophene rings is 1. The number of esters is 1. The summed E-state index contributed by atoms with van der Waals surface area (Å²) in [5, 5.41) is 25.0. The zero-order valence-electron chi connectivity index (χ0n) is 17.0. The van der Waals surface area contributed by atoms with E-state index in [9.17, 15) is 29.8 Å². The van der Waals surface area contributed by atoms with Crippen molar-refractivity contribution >= 4 is 39.6 Å². The first kappa shape index (κ1) is 22.6. The highest BCUT2D eigenvalue weighted by Crippen LogP contribution is 2.41. The number of nitro groups is 2. The molecular formula is C21H17N3O7S. The molecule has 0 radical (unpaired) electrons. The summed E-state index contributed by atoms with van der Waals surface area (Å²) in [5.74, 6) is -1.44. The molecule has 1 N–H and O–H groups in total. The smallest absolute Gasteiger partial charge is 0.341 e. The lowest BCUT2D eigenvalue weighted by atomic mass is 10.0. The number of amides is 1. The molecule has 10 nitrogen and oxygen atoms in total. The maximum Gasteiger partial charge on any atom is 0.341 e. The van der Waals surface area contributed by atoms with E-state index in [1.165, 1.54) is 48.5 Å². The Morgan fingerprint density at radius 3 is 2.28 bits per heavy atom. The van der Waals surface area contributed by atoms with Crippen molar-refractivity contribution in [3.05, 3.63) is 84.8 Å². The van der Waals surface area contributed by atoms with E-state index >= 15 is 0 Å². The highest BCUT2D eigenvalue weighted by atomic mass is 32.1. The van der Waals surface area contributed by atoms with Gasteiger partial charge in [-0.15, -0.1) is 11.3 Å².